The van der Waals surface area contributed by atoms with Gasteiger partial charge in [-0.15, -0.1) is 0 Å². The van der Waals surface area contributed by atoms with E-state index in [4.69, 9.17) is 11.5 Å². The molecule has 0 bridgehead atoms. The van der Waals surface area contributed by atoms with E-state index >= 15 is 0 Å². The lowest BCUT2D eigenvalue weighted by Gasteiger charge is -2.13. The van der Waals surface area contributed by atoms with Gasteiger partial charge in [-0.1, -0.05) is 0 Å². The van der Waals surface area contributed by atoms with Gasteiger partial charge in [0, 0.05) is 11.6 Å². The maximum Gasteiger partial charge on any atom is 0.165 e. The number of aromatic hydroxyl groups is 1. The Kier molecular flexibility index (Phi) is 3.38. The van der Waals surface area contributed by atoms with Gasteiger partial charge < -0.3 is 16.6 Å². The third kappa shape index (κ3) is 2.00. The van der Waals surface area contributed by atoms with Crippen molar-refractivity contribution in [3.63, 3.8) is 0 Å². The quantitative estimate of drug-likeness (QED) is 0.685. The summed E-state index contributed by atoms with van der Waals surface area (Å²) < 4.78 is 26.0. The van der Waals surface area contributed by atoms with Crippen LogP contribution in [0.15, 0.2) is 12.1 Å². The maximum atomic E-state index is 13.2. The van der Waals surface area contributed by atoms with Crippen LogP contribution < -0.4 is 11.5 Å². The molecular weight excluding hydrogens is 190 g/mol. The minimum atomic E-state index is -0.881. The van der Waals surface area contributed by atoms with Crippen molar-refractivity contribution >= 4 is 0 Å². The Bertz CT molecular complexity index is 331. The summed E-state index contributed by atoms with van der Waals surface area (Å²) in [6.45, 7) is 0.247. The van der Waals surface area contributed by atoms with Gasteiger partial charge in [0.05, 0.1) is 0 Å². The van der Waals surface area contributed by atoms with E-state index in [1.807, 2.05) is 0 Å². The number of phenols is 1. The first-order chi connectivity index (χ1) is 6.57. The fourth-order valence-electron chi connectivity index (χ4n) is 1.23. The molecule has 0 spiro atoms. The molecule has 1 rings (SSSR count). The SMILES string of the molecule is NCC[C@H](N)c1c(F)ccc(F)c1O. The minimum absolute atomic E-state index is 0.213. The van der Waals surface area contributed by atoms with Gasteiger partial charge in [0.15, 0.2) is 11.6 Å². The predicted octanol–water partition coefficient (Wildman–Crippen LogP) is 1.02. The molecule has 0 amide bonds. The lowest BCUT2D eigenvalue weighted by molar-refractivity contribution is 0.408. The summed E-state index contributed by atoms with van der Waals surface area (Å²) in [6, 6.07) is 1.00. The number of halogens is 2. The predicted molar refractivity (Wildman–Crippen MR) is 48.6 cm³/mol. The van der Waals surface area contributed by atoms with Crippen LogP contribution in [0.2, 0.25) is 0 Å². The summed E-state index contributed by atoms with van der Waals surface area (Å²) >= 11 is 0. The zero-order chi connectivity index (χ0) is 10.7. The first-order valence-electron chi connectivity index (χ1n) is 4.20. The van der Waals surface area contributed by atoms with Crippen molar-refractivity contribution in [3.05, 3.63) is 29.3 Å². The van der Waals surface area contributed by atoms with E-state index in [0.29, 0.717) is 0 Å². The Morgan fingerprint density at radius 3 is 2.43 bits per heavy atom. The van der Waals surface area contributed by atoms with E-state index in [0.717, 1.165) is 12.1 Å². The van der Waals surface area contributed by atoms with E-state index in [-0.39, 0.29) is 18.5 Å². The van der Waals surface area contributed by atoms with Crippen molar-refractivity contribution in [2.45, 2.75) is 12.5 Å². The smallest absolute Gasteiger partial charge is 0.165 e. The van der Waals surface area contributed by atoms with Gasteiger partial charge in [-0.3, -0.25) is 0 Å². The maximum absolute atomic E-state index is 13.2. The highest BCUT2D eigenvalue weighted by Crippen LogP contribution is 2.29. The molecule has 0 radical (unpaired) electrons. The van der Waals surface area contributed by atoms with Crippen LogP contribution in [-0.4, -0.2) is 11.7 Å². The normalized spacial score (nSPS) is 12.9. The topological polar surface area (TPSA) is 72.3 Å². The van der Waals surface area contributed by atoms with Crippen molar-refractivity contribution < 1.29 is 13.9 Å². The molecule has 78 valence electrons. The molecule has 14 heavy (non-hydrogen) atoms. The summed E-state index contributed by atoms with van der Waals surface area (Å²) in [5.41, 5.74) is 10.5. The summed E-state index contributed by atoms with van der Waals surface area (Å²) in [4.78, 5) is 0. The molecular formula is C9H12F2N2O. The Labute approximate surface area is 80.3 Å². The second-order valence-electron chi connectivity index (χ2n) is 2.98. The average Bonchev–Trinajstić information content (AvgIpc) is 2.13. The van der Waals surface area contributed by atoms with Crippen LogP contribution in [0.25, 0.3) is 0 Å². The van der Waals surface area contributed by atoms with Gasteiger partial charge in [0.25, 0.3) is 0 Å². The van der Waals surface area contributed by atoms with E-state index < -0.39 is 23.4 Å². The van der Waals surface area contributed by atoms with Gasteiger partial charge in [-0.05, 0) is 25.1 Å². The molecule has 1 atom stereocenters. The Balaban J connectivity index is 3.11. The molecule has 5 heteroatoms. The van der Waals surface area contributed by atoms with Gasteiger partial charge in [-0.25, -0.2) is 8.78 Å². The highest BCUT2D eigenvalue weighted by molar-refractivity contribution is 5.37. The molecule has 0 aliphatic rings. The van der Waals surface area contributed by atoms with Crippen LogP contribution in [0.4, 0.5) is 8.78 Å². The average molecular weight is 202 g/mol. The molecule has 0 fully saturated rings. The van der Waals surface area contributed by atoms with Crippen molar-refractivity contribution in [3.8, 4) is 5.75 Å². The second kappa shape index (κ2) is 4.34. The Morgan fingerprint density at radius 2 is 1.86 bits per heavy atom. The van der Waals surface area contributed by atoms with Crippen molar-refractivity contribution in [2.75, 3.05) is 6.54 Å². The molecule has 1 aromatic rings. The number of rotatable bonds is 3. The summed E-state index contributed by atoms with van der Waals surface area (Å²) in [5, 5.41) is 9.24. The van der Waals surface area contributed by atoms with Gasteiger partial charge in [-0.2, -0.15) is 0 Å². The standard InChI is InChI=1S/C9H12F2N2O/c10-5-1-2-6(11)9(14)8(5)7(13)3-4-12/h1-2,7,14H,3-4,12-13H2/t7-/m0/s1. The molecule has 0 saturated heterocycles. The first kappa shape index (κ1) is 10.9. The molecule has 0 saturated carbocycles. The molecule has 0 unspecified atom stereocenters. The highest BCUT2D eigenvalue weighted by atomic mass is 19.1. The van der Waals surface area contributed by atoms with Crippen LogP contribution in [0.1, 0.15) is 18.0 Å². The van der Waals surface area contributed by atoms with E-state index in [2.05, 4.69) is 0 Å². The molecule has 0 aliphatic carbocycles. The number of hydrogen-bond acceptors (Lipinski definition) is 3. The van der Waals surface area contributed by atoms with Crippen LogP contribution >= 0.6 is 0 Å². The lowest BCUT2D eigenvalue weighted by atomic mass is 10.0. The van der Waals surface area contributed by atoms with Crippen molar-refractivity contribution in [1.82, 2.24) is 0 Å². The fourth-order valence-corrected chi connectivity index (χ4v) is 1.23. The fraction of sp³-hybridized carbons (Fsp3) is 0.333. The van der Waals surface area contributed by atoms with E-state index in [9.17, 15) is 13.9 Å². The minimum Gasteiger partial charge on any atom is -0.505 e. The Hall–Kier alpha value is -1.20. The van der Waals surface area contributed by atoms with Gasteiger partial charge in [0.2, 0.25) is 0 Å². The largest absolute Gasteiger partial charge is 0.505 e. The molecule has 3 nitrogen and oxygen atoms in total. The zero-order valence-corrected chi connectivity index (χ0v) is 7.50. The Morgan fingerprint density at radius 1 is 1.29 bits per heavy atom. The van der Waals surface area contributed by atoms with Gasteiger partial charge in [0.1, 0.15) is 5.82 Å². The summed E-state index contributed by atoms with van der Waals surface area (Å²) in [7, 11) is 0. The van der Waals surface area contributed by atoms with Crippen LogP contribution in [0, 0.1) is 11.6 Å². The lowest BCUT2D eigenvalue weighted by Crippen LogP contribution is -2.17. The second-order valence-corrected chi connectivity index (χ2v) is 2.98. The zero-order valence-electron chi connectivity index (χ0n) is 7.50. The summed E-state index contributed by atoms with van der Waals surface area (Å²) in [6.07, 6.45) is 0.286. The molecule has 1 aromatic carbocycles. The van der Waals surface area contributed by atoms with E-state index in [1.165, 1.54) is 0 Å². The number of hydrogen-bond donors (Lipinski definition) is 3. The molecule has 0 heterocycles. The summed E-state index contributed by atoms with van der Waals surface area (Å²) in [5.74, 6) is -2.33. The third-order valence-electron chi connectivity index (χ3n) is 1.96. The number of benzene rings is 1. The van der Waals surface area contributed by atoms with Crippen LogP contribution in [-0.2, 0) is 0 Å². The number of phenolic OH excluding ortho intramolecular Hbond substituents is 1. The number of nitrogens with two attached hydrogens (primary N) is 2. The highest BCUT2D eigenvalue weighted by Gasteiger charge is 2.18. The molecule has 0 aliphatic heterocycles. The molecule has 0 aromatic heterocycles. The van der Waals surface area contributed by atoms with E-state index in [1.54, 1.807) is 0 Å². The monoisotopic (exact) mass is 202 g/mol. The van der Waals surface area contributed by atoms with Crippen LogP contribution in [0.3, 0.4) is 0 Å². The molecule has 5 N–H and O–H groups in total. The van der Waals surface area contributed by atoms with Crippen molar-refractivity contribution in [1.29, 1.82) is 0 Å². The first-order valence-corrected chi connectivity index (χ1v) is 4.20. The van der Waals surface area contributed by atoms with Crippen LogP contribution in [0.5, 0.6) is 5.75 Å². The van der Waals surface area contributed by atoms with Gasteiger partial charge >= 0.3 is 0 Å². The third-order valence-corrected chi connectivity index (χ3v) is 1.96. The van der Waals surface area contributed by atoms with Crippen molar-refractivity contribution in [2.24, 2.45) is 11.5 Å².